The van der Waals surface area contributed by atoms with Gasteiger partial charge in [0.05, 0.1) is 12.0 Å². The summed E-state index contributed by atoms with van der Waals surface area (Å²) < 4.78 is 5.50. The average molecular weight is 272 g/mol. The van der Waals surface area contributed by atoms with E-state index in [1.54, 1.807) is 0 Å². The van der Waals surface area contributed by atoms with Crippen molar-refractivity contribution in [2.24, 2.45) is 11.8 Å². The lowest BCUT2D eigenvalue weighted by Crippen LogP contribution is -2.39. The van der Waals surface area contributed by atoms with Gasteiger partial charge < -0.3 is 20.5 Å². The van der Waals surface area contributed by atoms with Crippen molar-refractivity contribution in [2.45, 2.75) is 32.8 Å². The summed E-state index contributed by atoms with van der Waals surface area (Å²) >= 11 is 0. The summed E-state index contributed by atoms with van der Waals surface area (Å²) in [7, 11) is 0. The third-order valence-electron chi connectivity index (χ3n) is 3.38. The molecule has 0 aromatic rings. The van der Waals surface area contributed by atoms with Crippen LogP contribution in [-0.2, 0) is 14.3 Å². The molecule has 1 heterocycles. The topological polar surface area (TPSA) is 87.7 Å². The molecule has 0 saturated carbocycles. The van der Waals surface area contributed by atoms with Crippen molar-refractivity contribution in [2.75, 3.05) is 26.2 Å². The molecule has 3 N–H and O–H groups in total. The van der Waals surface area contributed by atoms with Gasteiger partial charge in [0.15, 0.2) is 0 Å². The minimum Gasteiger partial charge on any atom is -0.481 e. The normalized spacial score (nSPS) is 18.3. The van der Waals surface area contributed by atoms with E-state index in [9.17, 15) is 9.59 Å². The molecule has 0 aliphatic carbocycles. The van der Waals surface area contributed by atoms with Crippen molar-refractivity contribution in [1.82, 2.24) is 10.6 Å². The SMILES string of the molecule is CC(C)C(CNC(=O)COC1CCNCC1)C(=O)O. The lowest BCUT2D eigenvalue weighted by molar-refractivity contribution is -0.143. The Morgan fingerprint density at radius 2 is 2.00 bits per heavy atom. The molecule has 0 aromatic carbocycles. The molecule has 110 valence electrons. The first-order valence-electron chi connectivity index (χ1n) is 6.82. The van der Waals surface area contributed by atoms with Gasteiger partial charge in [0.1, 0.15) is 6.61 Å². The first-order valence-corrected chi connectivity index (χ1v) is 6.82. The number of hydrogen-bond donors (Lipinski definition) is 3. The number of carbonyl (C=O) groups is 2. The van der Waals surface area contributed by atoms with Crippen molar-refractivity contribution in [3.8, 4) is 0 Å². The summed E-state index contributed by atoms with van der Waals surface area (Å²) in [5.41, 5.74) is 0. The highest BCUT2D eigenvalue weighted by molar-refractivity contribution is 5.78. The van der Waals surface area contributed by atoms with Crippen LogP contribution in [0.1, 0.15) is 26.7 Å². The molecular weight excluding hydrogens is 248 g/mol. The lowest BCUT2D eigenvalue weighted by Gasteiger charge is -2.23. The summed E-state index contributed by atoms with van der Waals surface area (Å²) in [6, 6.07) is 0. The Balaban J connectivity index is 2.21. The first kappa shape index (κ1) is 15.9. The number of nitrogens with one attached hydrogen (secondary N) is 2. The van der Waals surface area contributed by atoms with Gasteiger partial charge in [0.2, 0.25) is 5.91 Å². The van der Waals surface area contributed by atoms with Crippen LogP contribution in [-0.4, -0.2) is 49.3 Å². The van der Waals surface area contributed by atoms with Gasteiger partial charge in [-0.1, -0.05) is 13.8 Å². The Labute approximate surface area is 113 Å². The van der Waals surface area contributed by atoms with Crippen LogP contribution in [0.2, 0.25) is 0 Å². The molecule has 1 aliphatic heterocycles. The number of rotatable bonds is 7. The molecule has 19 heavy (non-hydrogen) atoms. The minimum atomic E-state index is -0.880. The number of hydrogen-bond acceptors (Lipinski definition) is 4. The van der Waals surface area contributed by atoms with E-state index in [-0.39, 0.29) is 31.1 Å². The van der Waals surface area contributed by atoms with Crippen LogP contribution in [0.3, 0.4) is 0 Å². The molecule has 0 bridgehead atoms. The molecule has 1 rings (SSSR count). The predicted molar refractivity (Wildman–Crippen MR) is 70.8 cm³/mol. The highest BCUT2D eigenvalue weighted by Gasteiger charge is 2.22. The monoisotopic (exact) mass is 272 g/mol. The van der Waals surface area contributed by atoms with E-state index in [2.05, 4.69) is 10.6 Å². The second kappa shape index (κ2) is 8.12. The van der Waals surface area contributed by atoms with Gasteiger partial charge in [-0.25, -0.2) is 0 Å². The highest BCUT2D eigenvalue weighted by Crippen LogP contribution is 2.10. The summed E-state index contributed by atoms with van der Waals surface area (Å²) in [6.07, 6.45) is 1.96. The molecule has 0 spiro atoms. The van der Waals surface area contributed by atoms with E-state index in [0.717, 1.165) is 25.9 Å². The number of carboxylic acid groups (broad SMARTS) is 1. The van der Waals surface area contributed by atoms with Crippen LogP contribution >= 0.6 is 0 Å². The van der Waals surface area contributed by atoms with Crippen molar-refractivity contribution < 1.29 is 19.4 Å². The maximum absolute atomic E-state index is 11.6. The number of aliphatic carboxylic acids is 1. The average Bonchev–Trinajstić information content (AvgIpc) is 2.37. The standard InChI is InChI=1S/C13H24N2O4/c1-9(2)11(13(17)18)7-15-12(16)8-19-10-3-5-14-6-4-10/h9-11,14H,3-8H2,1-2H3,(H,15,16)(H,17,18). The number of carbonyl (C=O) groups excluding carboxylic acids is 1. The van der Waals surface area contributed by atoms with Crippen LogP contribution in [0.5, 0.6) is 0 Å². The fourth-order valence-electron chi connectivity index (χ4n) is 2.04. The molecule has 1 aliphatic rings. The Hall–Kier alpha value is -1.14. The molecule has 1 atom stereocenters. The number of amides is 1. The fourth-order valence-corrected chi connectivity index (χ4v) is 2.04. The van der Waals surface area contributed by atoms with Gasteiger partial charge in [0, 0.05) is 6.54 Å². The Bertz CT molecular complexity index is 301. The summed E-state index contributed by atoms with van der Waals surface area (Å²) in [4.78, 5) is 22.6. The molecule has 0 radical (unpaired) electrons. The second-order valence-corrected chi connectivity index (χ2v) is 5.25. The third kappa shape index (κ3) is 6.02. The number of piperidine rings is 1. The molecule has 6 nitrogen and oxygen atoms in total. The van der Waals surface area contributed by atoms with E-state index in [0.29, 0.717) is 0 Å². The van der Waals surface area contributed by atoms with Crippen LogP contribution in [0.4, 0.5) is 0 Å². The van der Waals surface area contributed by atoms with Crippen molar-refractivity contribution >= 4 is 11.9 Å². The summed E-state index contributed by atoms with van der Waals surface area (Å²) in [5.74, 6) is -1.69. The molecule has 1 amide bonds. The summed E-state index contributed by atoms with van der Waals surface area (Å²) in [5, 5.41) is 14.8. The molecule has 1 saturated heterocycles. The maximum atomic E-state index is 11.6. The van der Waals surface area contributed by atoms with E-state index in [4.69, 9.17) is 9.84 Å². The van der Waals surface area contributed by atoms with E-state index in [1.807, 2.05) is 13.8 Å². The number of ether oxygens (including phenoxy) is 1. The highest BCUT2D eigenvalue weighted by atomic mass is 16.5. The van der Waals surface area contributed by atoms with Crippen molar-refractivity contribution in [3.63, 3.8) is 0 Å². The zero-order valence-corrected chi connectivity index (χ0v) is 11.6. The van der Waals surface area contributed by atoms with E-state index < -0.39 is 11.9 Å². The van der Waals surface area contributed by atoms with Crippen molar-refractivity contribution in [3.05, 3.63) is 0 Å². The first-order chi connectivity index (χ1) is 9.00. The Morgan fingerprint density at radius 3 is 2.53 bits per heavy atom. The summed E-state index contributed by atoms with van der Waals surface area (Å²) in [6.45, 7) is 5.66. The second-order valence-electron chi connectivity index (χ2n) is 5.25. The Kier molecular flexibility index (Phi) is 6.80. The van der Waals surface area contributed by atoms with Gasteiger partial charge in [-0.3, -0.25) is 9.59 Å². The van der Waals surface area contributed by atoms with Gasteiger partial charge in [-0.2, -0.15) is 0 Å². The van der Waals surface area contributed by atoms with Crippen LogP contribution < -0.4 is 10.6 Å². The molecule has 1 unspecified atom stereocenters. The minimum absolute atomic E-state index is 0.00903. The van der Waals surface area contributed by atoms with Crippen LogP contribution in [0.15, 0.2) is 0 Å². The van der Waals surface area contributed by atoms with Gasteiger partial charge >= 0.3 is 5.97 Å². The van der Waals surface area contributed by atoms with Crippen molar-refractivity contribution in [1.29, 1.82) is 0 Å². The molecule has 0 aromatic heterocycles. The smallest absolute Gasteiger partial charge is 0.308 e. The van der Waals surface area contributed by atoms with Gasteiger partial charge in [-0.05, 0) is 31.8 Å². The number of carboxylic acids is 1. The zero-order chi connectivity index (χ0) is 14.3. The predicted octanol–water partition coefficient (Wildman–Crippen LogP) is 0.228. The molecule has 1 fully saturated rings. The lowest BCUT2D eigenvalue weighted by atomic mass is 9.96. The fraction of sp³-hybridized carbons (Fsp3) is 0.846. The van der Waals surface area contributed by atoms with E-state index >= 15 is 0 Å². The maximum Gasteiger partial charge on any atom is 0.308 e. The van der Waals surface area contributed by atoms with E-state index in [1.165, 1.54) is 0 Å². The van der Waals surface area contributed by atoms with Gasteiger partial charge in [-0.15, -0.1) is 0 Å². The zero-order valence-electron chi connectivity index (χ0n) is 11.6. The van der Waals surface area contributed by atoms with Crippen LogP contribution in [0, 0.1) is 11.8 Å². The van der Waals surface area contributed by atoms with Crippen LogP contribution in [0.25, 0.3) is 0 Å². The largest absolute Gasteiger partial charge is 0.481 e. The Morgan fingerprint density at radius 1 is 1.37 bits per heavy atom. The van der Waals surface area contributed by atoms with Gasteiger partial charge in [0.25, 0.3) is 0 Å². The quantitative estimate of drug-likeness (QED) is 0.617. The molecule has 6 heteroatoms. The molecular formula is C13H24N2O4. The third-order valence-corrected chi connectivity index (χ3v) is 3.38.